The smallest absolute Gasteiger partial charge is 0.252 e. The first-order valence-electron chi connectivity index (χ1n) is 23.9. The van der Waals surface area contributed by atoms with Gasteiger partial charge in [-0.1, -0.05) is 152 Å². The highest BCUT2D eigenvalue weighted by molar-refractivity contribution is 7.00. The van der Waals surface area contributed by atoms with Crippen LogP contribution in [0.3, 0.4) is 0 Å². The topological polar surface area (TPSA) is 9.72 Å². The summed E-state index contributed by atoms with van der Waals surface area (Å²) in [7, 11) is 0. The molecule has 7 aromatic rings. The number of aryl methyl sites for hydroxylation is 1. The Morgan fingerprint density at radius 1 is 0.547 bits per heavy atom. The van der Waals surface area contributed by atoms with Crippen molar-refractivity contribution in [3.63, 3.8) is 0 Å². The number of hydrogen-bond donors (Lipinski definition) is 0. The molecular weight excluding hydrogens is 773 g/mol. The third-order valence-corrected chi connectivity index (χ3v) is 15.6. The third-order valence-electron chi connectivity index (χ3n) is 15.6. The summed E-state index contributed by atoms with van der Waals surface area (Å²) in [6.45, 7) is 21.7. The van der Waals surface area contributed by atoms with E-state index < -0.39 is 0 Å². The fourth-order valence-corrected chi connectivity index (χ4v) is 12.3. The number of nitrogens with zero attached hydrogens (tertiary/aromatic N) is 3. The Morgan fingerprint density at radius 2 is 1.11 bits per heavy atom. The molecular formula is C60H62BN3. The van der Waals surface area contributed by atoms with Gasteiger partial charge in [-0.15, -0.1) is 0 Å². The molecule has 11 rings (SSSR count). The zero-order valence-corrected chi connectivity index (χ0v) is 39.4. The minimum absolute atomic E-state index is 0.0206. The molecule has 64 heavy (non-hydrogen) atoms. The Balaban J connectivity index is 1.25. The molecule has 3 nitrogen and oxygen atoms in total. The maximum Gasteiger partial charge on any atom is 0.252 e. The van der Waals surface area contributed by atoms with Gasteiger partial charge in [-0.3, -0.25) is 0 Å². The van der Waals surface area contributed by atoms with E-state index in [1.165, 1.54) is 105 Å². The molecule has 3 heterocycles. The molecule has 1 saturated carbocycles. The molecule has 0 atom stereocenters. The zero-order chi connectivity index (χ0) is 44.3. The van der Waals surface area contributed by atoms with Gasteiger partial charge in [0.15, 0.2) is 0 Å². The first-order valence-corrected chi connectivity index (χ1v) is 23.9. The van der Waals surface area contributed by atoms with E-state index in [0.717, 1.165) is 17.1 Å². The Kier molecular flexibility index (Phi) is 9.24. The summed E-state index contributed by atoms with van der Waals surface area (Å²) >= 11 is 0. The average Bonchev–Trinajstić information content (AvgIpc) is 3.47. The highest BCUT2D eigenvalue weighted by Gasteiger charge is 2.61. The lowest BCUT2D eigenvalue weighted by molar-refractivity contribution is 0.200. The second-order valence-electron chi connectivity index (χ2n) is 21.8. The summed E-state index contributed by atoms with van der Waals surface area (Å²) in [5, 5.41) is 0. The van der Waals surface area contributed by atoms with Gasteiger partial charge >= 0.3 is 0 Å². The van der Waals surface area contributed by atoms with E-state index in [-0.39, 0.29) is 28.5 Å². The van der Waals surface area contributed by atoms with E-state index in [1.807, 2.05) is 0 Å². The fraction of sp³-hybridized carbons (Fsp3) is 0.300. The van der Waals surface area contributed by atoms with Crippen molar-refractivity contribution < 1.29 is 0 Å². The molecule has 0 bridgehead atoms. The highest BCUT2D eigenvalue weighted by Crippen LogP contribution is 2.63. The van der Waals surface area contributed by atoms with E-state index >= 15 is 0 Å². The van der Waals surface area contributed by atoms with Crippen LogP contribution >= 0.6 is 0 Å². The largest absolute Gasteiger partial charge is 0.336 e. The van der Waals surface area contributed by atoms with Gasteiger partial charge in [-0.25, -0.2) is 0 Å². The van der Waals surface area contributed by atoms with Gasteiger partial charge in [-0.05, 0) is 155 Å². The van der Waals surface area contributed by atoms with Gasteiger partial charge in [0.1, 0.15) is 0 Å². The van der Waals surface area contributed by atoms with Gasteiger partial charge in [0.25, 0.3) is 6.71 Å². The van der Waals surface area contributed by atoms with Crippen LogP contribution in [0.15, 0.2) is 152 Å². The fourth-order valence-electron chi connectivity index (χ4n) is 12.3. The number of anilines is 8. The minimum atomic E-state index is -0.145. The zero-order valence-electron chi connectivity index (χ0n) is 39.4. The SMILES string of the molecule is Cc1cc2c3c(c1)N1c4c(ccc(-c5ccccc5)c4C4(CCCCC4)C1(C)C)B3c1ccc(N(c3ccccc3)c3ccccc3)cc1N2c1cc(C(C)(C)C)cc(C(C)(C)C)c1. The van der Waals surface area contributed by atoms with Crippen molar-refractivity contribution in [2.24, 2.45) is 0 Å². The van der Waals surface area contributed by atoms with Crippen molar-refractivity contribution in [3.8, 4) is 11.1 Å². The van der Waals surface area contributed by atoms with Crippen molar-refractivity contribution >= 4 is 68.6 Å². The van der Waals surface area contributed by atoms with Crippen molar-refractivity contribution in [2.45, 2.75) is 116 Å². The minimum Gasteiger partial charge on any atom is -0.336 e. The highest BCUT2D eigenvalue weighted by atomic mass is 15.3. The molecule has 0 unspecified atom stereocenters. The average molecular weight is 836 g/mol. The Hall–Kier alpha value is -6.00. The van der Waals surface area contributed by atoms with E-state index in [9.17, 15) is 0 Å². The van der Waals surface area contributed by atoms with Gasteiger partial charge in [0.2, 0.25) is 0 Å². The summed E-state index contributed by atoms with van der Waals surface area (Å²) < 4.78 is 0. The van der Waals surface area contributed by atoms with E-state index in [1.54, 1.807) is 5.56 Å². The molecule has 0 radical (unpaired) electrons. The lowest BCUT2D eigenvalue weighted by atomic mass is 9.33. The van der Waals surface area contributed by atoms with Crippen LogP contribution in [0, 0.1) is 6.92 Å². The second kappa shape index (κ2) is 14.5. The summed E-state index contributed by atoms with van der Waals surface area (Å²) in [5.74, 6) is 0. The Morgan fingerprint density at radius 3 is 1.70 bits per heavy atom. The van der Waals surface area contributed by atoms with Crippen LogP contribution in [0.4, 0.5) is 45.5 Å². The molecule has 0 aromatic heterocycles. The molecule has 0 N–H and O–H groups in total. The first-order chi connectivity index (χ1) is 30.7. The third kappa shape index (κ3) is 6.08. The predicted octanol–water partition coefficient (Wildman–Crippen LogP) is 14.5. The summed E-state index contributed by atoms with van der Waals surface area (Å²) in [6, 6.07) is 57.9. The maximum atomic E-state index is 2.86. The van der Waals surface area contributed by atoms with Gasteiger partial charge in [0.05, 0.1) is 0 Å². The molecule has 1 spiro atoms. The Bertz CT molecular complexity index is 2860. The molecule has 1 fully saturated rings. The van der Waals surface area contributed by atoms with E-state index in [0.29, 0.717) is 0 Å². The number of fused-ring (bicyclic) bond motifs is 5. The normalized spacial score (nSPS) is 16.7. The van der Waals surface area contributed by atoms with Crippen LogP contribution in [-0.2, 0) is 16.2 Å². The number of para-hydroxylation sites is 2. The lowest BCUT2D eigenvalue weighted by Crippen LogP contribution is -2.64. The maximum absolute atomic E-state index is 2.86. The number of rotatable bonds is 5. The van der Waals surface area contributed by atoms with Gasteiger partial charge in [0, 0.05) is 56.5 Å². The molecule has 0 saturated heterocycles. The van der Waals surface area contributed by atoms with Crippen LogP contribution in [0.2, 0.25) is 0 Å². The van der Waals surface area contributed by atoms with Gasteiger partial charge in [-0.2, -0.15) is 0 Å². The molecule has 0 amide bonds. The quantitative estimate of drug-likeness (QED) is 0.160. The monoisotopic (exact) mass is 836 g/mol. The van der Waals surface area contributed by atoms with Crippen LogP contribution < -0.4 is 31.1 Å². The predicted molar refractivity (Wildman–Crippen MR) is 275 cm³/mol. The first kappa shape index (κ1) is 40.8. The molecule has 320 valence electrons. The van der Waals surface area contributed by atoms with Crippen LogP contribution in [0.5, 0.6) is 0 Å². The van der Waals surface area contributed by atoms with Gasteiger partial charge < -0.3 is 14.7 Å². The molecule has 4 heteroatoms. The molecule has 1 aliphatic carbocycles. The molecule has 4 aliphatic rings. The van der Waals surface area contributed by atoms with E-state index in [4.69, 9.17) is 0 Å². The summed E-state index contributed by atoms with van der Waals surface area (Å²) in [6.07, 6.45) is 6.27. The molecule has 3 aliphatic heterocycles. The van der Waals surface area contributed by atoms with Crippen LogP contribution in [-0.4, -0.2) is 12.3 Å². The standard InChI is InChI=1S/C60H62BN3/c1-40-34-52-55-53(35-40)64-56-50(31-29-48(41-22-14-10-15-23-41)54(56)60(59(64,8)9)32-20-13-21-33-60)61(55)49-30-28-46(62(44-24-16-11-17-25-44)45-26-18-12-19-27-45)39-51(49)63(52)47-37-42(57(2,3)4)36-43(38-47)58(5,6)7/h10-12,14-19,22-31,34-39H,13,20-21,32-33H2,1-9H3. The number of benzene rings is 7. The summed E-state index contributed by atoms with van der Waals surface area (Å²) in [4.78, 5) is 7.93. The van der Waals surface area contributed by atoms with Crippen molar-refractivity contribution in [1.82, 2.24) is 0 Å². The Labute approximate surface area is 382 Å². The van der Waals surface area contributed by atoms with Crippen LogP contribution in [0.25, 0.3) is 11.1 Å². The van der Waals surface area contributed by atoms with Crippen LogP contribution in [0.1, 0.15) is 110 Å². The van der Waals surface area contributed by atoms with Crippen molar-refractivity contribution in [2.75, 3.05) is 14.7 Å². The second-order valence-corrected chi connectivity index (χ2v) is 21.8. The van der Waals surface area contributed by atoms with Crippen molar-refractivity contribution in [1.29, 1.82) is 0 Å². The number of hydrogen-bond acceptors (Lipinski definition) is 3. The summed E-state index contributed by atoms with van der Waals surface area (Å²) in [5.41, 5.74) is 22.4. The lowest BCUT2D eigenvalue weighted by Gasteiger charge is -2.51. The molecule has 7 aromatic carbocycles. The van der Waals surface area contributed by atoms with Crippen molar-refractivity contribution in [3.05, 3.63) is 174 Å². The van der Waals surface area contributed by atoms with E-state index in [2.05, 4.69) is 229 Å².